The standard InChI is InChI=1S/C26H21F3N6O2/c1-34(2)17-5-6-19-20(11-17)32-15-33-25(19)37-18-9-10-35-21(14-31-24(35)12-18)22(36)7-3-16-4-8-23(30-13-16)26(27,28)29/h4-6,8-15H,3,7H2,1-2H3. The second-order valence-electron chi connectivity index (χ2n) is 8.58. The number of hydrogen-bond acceptors (Lipinski definition) is 7. The predicted octanol–water partition coefficient (Wildman–Crippen LogP) is 5.37. The van der Waals surface area contributed by atoms with Gasteiger partial charge in [0.1, 0.15) is 29.1 Å². The molecule has 0 saturated carbocycles. The summed E-state index contributed by atoms with van der Waals surface area (Å²) in [5, 5.41) is 0.755. The molecule has 8 nitrogen and oxygen atoms in total. The summed E-state index contributed by atoms with van der Waals surface area (Å²) in [5.74, 6) is 0.692. The van der Waals surface area contributed by atoms with Gasteiger partial charge in [0.05, 0.1) is 17.1 Å². The summed E-state index contributed by atoms with van der Waals surface area (Å²) >= 11 is 0. The number of ketones is 1. The Morgan fingerprint density at radius 3 is 2.57 bits per heavy atom. The highest BCUT2D eigenvalue weighted by atomic mass is 19.4. The van der Waals surface area contributed by atoms with E-state index in [-0.39, 0.29) is 18.6 Å². The summed E-state index contributed by atoms with van der Waals surface area (Å²) < 4.78 is 45.7. The minimum atomic E-state index is -4.50. The second kappa shape index (κ2) is 9.49. The number of anilines is 1. The molecule has 0 N–H and O–H groups in total. The number of carbonyl (C=O) groups excluding carboxylic acids is 1. The maximum atomic E-state index is 12.8. The third-order valence-corrected chi connectivity index (χ3v) is 5.84. The van der Waals surface area contributed by atoms with Crippen molar-refractivity contribution >= 4 is 28.0 Å². The molecule has 5 rings (SSSR count). The molecule has 0 aliphatic carbocycles. The molecule has 0 saturated heterocycles. The summed E-state index contributed by atoms with van der Waals surface area (Å²) in [4.78, 5) is 31.1. The minimum Gasteiger partial charge on any atom is -0.438 e. The predicted molar refractivity (Wildman–Crippen MR) is 131 cm³/mol. The Kier molecular flexibility index (Phi) is 6.20. The van der Waals surface area contributed by atoms with Crippen LogP contribution in [0, 0.1) is 0 Å². The number of aromatic nitrogens is 5. The Balaban J connectivity index is 1.31. The summed E-state index contributed by atoms with van der Waals surface area (Å²) in [6.45, 7) is 0. The quantitative estimate of drug-likeness (QED) is 0.275. The van der Waals surface area contributed by atoms with Crippen molar-refractivity contribution in [3.8, 4) is 11.6 Å². The summed E-state index contributed by atoms with van der Waals surface area (Å²) in [7, 11) is 3.90. The molecule has 4 aromatic heterocycles. The van der Waals surface area contributed by atoms with Crippen LogP contribution in [0.1, 0.15) is 28.2 Å². The number of ether oxygens (including phenoxy) is 1. The van der Waals surface area contributed by atoms with E-state index in [9.17, 15) is 18.0 Å². The molecule has 5 aromatic rings. The lowest BCUT2D eigenvalue weighted by Crippen LogP contribution is -2.08. The minimum absolute atomic E-state index is 0.0982. The topological polar surface area (TPSA) is 85.5 Å². The molecule has 1 aromatic carbocycles. The van der Waals surface area contributed by atoms with Gasteiger partial charge in [-0.25, -0.2) is 15.0 Å². The second-order valence-corrected chi connectivity index (χ2v) is 8.58. The molecule has 0 aliphatic rings. The number of pyridine rings is 2. The molecule has 37 heavy (non-hydrogen) atoms. The van der Waals surface area contributed by atoms with Gasteiger partial charge in [-0.05, 0) is 42.3 Å². The van der Waals surface area contributed by atoms with Crippen LogP contribution in [-0.2, 0) is 12.6 Å². The molecule has 11 heteroatoms. The third kappa shape index (κ3) is 5.06. The smallest absolute Gasteiger partial charge is 0.433 e. The van der Waals surface area contributed by atoms with Gasteiger partial charge >= 0.3 is 6.18 Å². The van der Waals surface area contributed by atoms with Crippen LogP contribution in [-0.4, -0.2) is 44.2 Å². The first-order valence-corrected chi connectivity index (χ1v) is 11.3. The zero-order valence-electron chi connectivity index (χ0n) is 19.9. The maximum absolute atomic E-state index is 12.8. The number of fused-ring (bicyclic) bond motifs is 2. The molecule has 0 unspecified atom stereocenters. The van der Waals surface area contributed by atoms with Gasteiger partial charge in [-0.15, -0.1) is 0 Å². The van der Waals surface area contributed by atoms with Crippen LogP contribution in [0.25, 0.3) is 16.6 Å². The highest BCUT2D eigenvalue weighted by molar-refractivity contribution is 5.95. The van der Waals surface area contributed by atoms with Gasteiger partial charge in [0, 0.05) is 44.7 Å². The average molecular weight is 506 g/mol. The number of benzene rings is 1. The Morgan fingerprint density at radius 1 is 1.00 bits per heavy atom. The van der Waals surface area contributed by atoms with Crippen LogP contribution < -0.4 is 9.64 Å². The first kappa shape index (κ1) is 24.2. The van der Waals surface area contributed by atoms with Gasteiger partial charge in [-0.3, -0.25) is 14.2 Å². The van der Waals surface area contributed by atoms with Crippen molar-refractivity contribution in [2.45, 2.75) is 19.0 Å². The molecular weight excluding hydrogens is 485 g/mol. The number of imidazole rings is 1. The molecule has 4 heterocycles. The Hall–Kier alpha value is -4.54. The van der Waals surface area contributed by atoms with Gasteiger partial charge < -0.3 is 9.64 Å². The normalized spacial score (nSPS) is 11.7. The van der Waals surface area contributed by atoms with Gasteiger partial charge in [0.15, 0.2) is 5.78 Å². The van der Waals surface area contributed by atoms with Crippen molar-refractivity contribution in [1.29, 1.82) is 0 Å². The van der Waals surface area contributed by atoms with E-state index in [0.29, 0.717) is 28.5 Å². The number of Topliss-reactive ketones (excluding diaryl/α,β-unsaturated/α-hetero) is 1. The number of carbonyl (C=O) groups is 1. The molecule has 0 spiro atoms. The summed E-state index contributed by atoms with van der Waals surface area (Å²) in [6, 6.07) is 11.4. The van der Waals surface area contributed by atoms with Crippen molar-refractivity contribution in [3.63, 3.8) is 0 Å². The highest BCUT2D eigenvalue weighted by Crippen LogP contribution is 2.30. The molecular formula is C26H21F3N6O2. The van der Waals surface area contributed by atoms with Crippen LogP contribution in [0.2, 0.25) is 0 Å². The average Bonchev–Trinajstić information content (AvgIpc) is 3.30. The van der Waals surface area contributed by atoms with E-state index in [2.05, 4.69) is 19.9 Å². The van der Waals surface area contributed by atoms with Crippen molar-refractivity contribution in [1.82, 2.24) is 24.3 Å². The number of aryl methyl sites for hydroxylation is 1. The van der Waals surface area contributed by atoms with Crippen LogP contribution in [0.4, 0.5) is 18.9 Å². The van der Waals surface area contributed by atoms with Crippen molar-refractivity contribution < 1.29 is 22.7 Å². The lowest BCUT2D eigenvalue weighted by Gasteiger charge is -2.13. The lowest BCUT2D eigenvalue weighted by molar-refractivity contribution is -0.141. The highest BCUT2D eigenvalue weighted by Gasteiger charge is 2.32. The first-order chi connectivity index (χ1) is 17.7. The van der Waals surface area contributed by atoms with Gasteiger partial charge in [-0.1, -0.05) is 6.07 Å². The zero-order chi connectivity index (χ0) is 26.2. The molecule has 0 atom stereocenters. The fourth-order valence-corrected chi connectivity index (χ4v) is 3.85. The first-order valence-electron chi connectivity index (χ1n) is 11.3. The summed E-state index contributed by atoms with van der Waals surface area (Å²) in [5.41, 5.74) is 2.20. The Morgan fingerprint density at radius 2 is 1.84 bits per heavy atom. The number of rotatable bonds is 7. The molecule has 188 valence electrons. The van der Waals surface area contributed by atoms with Gasteiger partial charge in [-0.2, -0.15) is 13.2 Å². The number of alkyl halides is 3. The van der Waals surface area contributed by atoms with Crippen molar-refractivity contribution in [3.05, 3.63) is 84.3 Å². The van der Waals surface area contributed by atoms with Crippen LogP contribution in [0.3, 0.4) is 0 Å². The van der Waals surface area contributed by atoms with E-state index in [1.165, 1.54) is 18.6 Å². The molecule has 0 aliphatic heterocycles. The van der Waals surface area contributed by atoms with Gasteiger partial charge in [0.25, 0.3) is 0 Å². The van der Waals surface area contributed by atoms with Crippen molar-refractivity contribution in [2.24, 2.45) is 0 Å². The van der Waals surface area contributed by atoms with Crippen molar-refractivity contribution in [2.75, 3.05) is 19.0 Å². The summed E-state index contributed by atoms with van der Waals surface area (Å²) in [6.07, 6.45) is 1.59. The monoisotopic (exact) mass is 506 g/mol. The van der Waals surface area contributed by atoms with Gasteiger partial charge in [0.2, 0.25) is 5.88 Å². The number of hydrogen-bond donors (Lipinski definition) is 0. The van der Waals surface area contributed by atoms with E-state index in [1.807, 2.05) is 37.2 Å². The number of halogens is 3. The van der Waals surface area contributed by atoms with E-state index < -0.39 is 11.9 Å². The molecule has 0 bridgehead atoms. The van der Waals surface area contributed by atoms with Crippen LogP contribution in [0.15, 0.2) is 67.4 Å². The molecule has 0 radical (unpaired) electrons. The van der Waals surface area contributed by atoms with Crippen LogP contribution in [0.5, 0.6) is 11.6 Å². The maximum Gasteiger partial charge on any atom is 0.433 e. The number of nitrogens with zero attached hydrogens (tertiary/aromatic N) is 6. The van der Waals surface area contributed by atoms with E-state index in [1.54, 1.807) is 22.7 Å². The Labute approximate surface area is 209 Å². The van der Waals surface area contributed by atoms with Crippen LogP contribution >= 0.6 is 0 Å². The third-order valence-electron chi connectivity index (χ3n) is 5.84. The largest absolute Gasteiger partial charge is 0.438 e. The SMILES string of the molecule is CN(C)c1ccc2c(Oc3ccn4c(C(=O)CCc5ccc(C(F)(F)F)nc5)cnc4c3)ncnc2c1. The van der Waals surface area contributed by atoms with E-state index >= 15 is 0 Å². The molecule has 0 fully saturated rings. The van der Waals surface area contributed by atoms with E-state index in [0.717, 1.165) is 28.9 Å². The Bertz CT molecular complexity index is 1600. The fourth-order valence-electron chi connectivity index (χ4n) is 3.85. The lowest BCUT2D eigenvalue weighted by atomic mass is 10.1. The molecule has 0 amide bonds. The van der Waals surface area contributed by atoms with E-state index in [4.69, 9.17) is 4.74 Å². The fraction of sp³-hybridized carbons (Fsp3) is 0.192. The zero-order valence-corrected chi connectivity index (χ0v) is 19.9.